The summed E-state index contributed by atoms with van der Waals surface area (Å²) >= 11 is 0. The van der Waals surface area contributed by atoms with Crippen LogP contribution in [0.15, 0.2) is 30.3 Å². The van der Waals surface area contributed by atoms with Crippen LogP contribution in [0.4, 0.5) is 0 Å². The summed E-state index contributed by atoms with van der Waals surface area (Å²) in [7, 11) is 3.21. The lowest BCUT2D eigenvalue weighted by Crippen LogP contribution is -2.44. The van der Waals surface area contributed by atoms with E-state index in [1.807, 2.05) is 6.07 Å². The highest BCUT2D eigenvalue weighted by Crippen LogP contribution is 2.30. The van der Waals surface area contributed by atoms with Gasteiger partial charge in [0.25, 0.3) is 0 Å². The SMILES string of the molecule is CON(C)C(=O)C[C@@H]1CCCCN1[C@H](C)c1ccccc1. The van der Waals surface area contributed by atoms with Crippen molar-refractivity contribution in [3.8, 4) is 0 Å². The number of hydrogen-bond acceptors (Lipinski definition) is 3. The molecule has 0 radical (unpaired) electrons. The number of carbonyl (C=O) groups is 1. The summed E-state index contributed by atoms with van der Waals surface area (Å²) in [5.74, 6) is 0.0506. The molecule has 2 rings (SSSR count). The van der Waals surface area contributed by atoms with Gasteiger partial charge in [0.1, 0.15) is 0 Å². The van der Waals surface area contributed by atoms with E-state index in [2.05, 4.69) is 36.1 Å². The zero-order chi connectivity index (χ0) is 15.2. The van der Waals surface area contributed by atoms with Crippen LogP contribution in [0.2, 0.25) is 0 Å². The van der Waals surface area contributed by atoms with Crippen LogP contribution in [0.3, 0.4) is 0 Å². The molecule has 1 amide bonds. The molecule has 1 fully saturated rings. The predicted molar refractivity (Wildman–Crippen MR) is 83.6 cm³/mol. The van der Waals surface area contributed by atoms with Crippen LogP contribution in [0.5, 0.6) is 0 Å². The third kappa shape index (κ3) is 4.05. The summed E-state index contributed by atoms with van der Waals surface area (Å²) in [4.78, 5) is 19.6. The molecule has 0 saturated carbocycles. The molecule has 2 atom stereocenters. The van der Waals surface area contributed by atoms with Gasteiger partial charge >= 0.3 is 0 Å². The lowest BCUT2D eigenvalue weighted by molar-refractivity contribution is -0.170. The fourth-order valence-corrected chi connectivity index (χ4v) is 3.11. The molecule has 1 aliphatic heterocycles. The Labute approximate surface area is 127 Å². The number of amides is 1. The average molecular weight is 290 g/mol. The van der Waals surface area contributed by atoms with Gasteiger partial charge in [-0.15, -0.1) is 0 Å². The van der Waals surface area contributed by atoms with E-state index in [1.54, 1.807) is 7.05 Å². The molecule has 21 heavy (non-hydrogen) atoms. The molecule has 1 aromatic carbocycles. The van der Waals surface area contributed by atoms with Gasteiger partial charge in [0, 0.05) is 25.6 Å². The Morgan fingerprint density at radius 3 is 2.76 bits per heavy atom. The van der Waals surface area contributed by atoms with Crippen molar-refractivity contribution in [3.63, 3.8) is 0 Å². The van der Waals surface area contributed by atoms with Crippen molar-refractivity contribution in [1.82, 2.24) is 9.96 Å². The highest BCUT2D eigenvalue weighted by Gasteiger charge is 2.29. The van der Waals surface area contributed by atoms with Crippen LogP contribution in [-0.2, 0) is 9.63 Å². The van der Waals surface area contributed by atoms with Crippen LogP contribution in [0.25, 0.3) is 0 Å². The minimum Gasteiger partial charge on any atom is -0.293 e. The quantitative estimate of drug-likeness (QED) is 0.782. The second-order valence-electron chi connectivity index (χ2n) is 5.75. The lowest BCUT2D eigenvalue weighted by Gasteiger charge is -2.40. The third-order valence-electron chi connectivity index (χ3n) is 4.49. The topological polar surface area (TPSA) is 32.8 Å². The van der Waals surface area contributed by atoms with Crippen molar-refractivity contribution >= 4 is 5.91 Å². The van der Waals surface area contributed by atoms with Gasteiger partial charge < -0.3 is 0 Å². The van der Waals surface area contributed by atoms with E-state index in [0.29, 0.717) is 18.5 Å². The molecule has 0 bridgehead atoms. The summed E-state index contributed by atoms with van der Waals surface area (Å²) < 4.78 is 0. The highest BCUT2D eigenvalue weighted by molar-refractivity contribution is 5.75. The van der Waals surface area contributed by atoms with Crippen molar-refractivity contribution in [2.24, 2.45) is 0 Å². The minimum absolute atomic E-state index is 0.0506. The van der Waals surface area contributed by atoms with Crippen molar-refractivity contribution in [1.29, 1.82) is 0 Å². The number of piperidine rings is 1. The van der Waals surface area contributed by atoms with Gasteiger partial charge in [0.15, 0.2) is 0 Å². The second kappa shape index (κ2) is 7.57. The van der Waals surface area contributed by atoms with Crippen LogP contribution >= 0.6 is 0 Å². The molecule has 1 heterocycles. The van der Waals surface area contributed by atoms with E-state index in [0.717, 1.165) is 13.0 Å². The molecular formula is C17H26N2O2. The van der Waals surface area contributed by atoms with Crippen molar-refractivity contribution < 1.29 is 9.63 Å². The van der Waals surface area contributed by atoms with Crippen LogP contribution in [0, 0.1) is 0 Å². The number of hydroxylamine groups is 2. The number of likely N-dealkylation sites (tertiary alicyclic amines) is 1. The highest BCUT2D eigenvalue weighted by atomic mass is 16.7. The lowest BCUT2D eigenvalue weighted by atomic mass is 9.95. The van der Waals surface area contributed by atoms with Crippen molar-refractivity contribution in [2.45, 2.75) is 44.7 Å². The number of benzene rings is 1. The molecular weight excluding hydrogens is 264 g/mol. The van der Waals surface area contributed by atoms with Crippen LogP contribution < -0.4 is 0 Å². The number of carbonyl (C=O) groups excluding carboxylic acids is 1. The Bertz CT molecular complexity index is 449. The van der Waals surface area contributed by atoms with Gasteiger partial charge in [0.2, 0.25) is 5.91 Å². The first-order valence-corrected chi connectivity index (χ1v) is 7.75. The van der Waals surface area contributed by atoms with Crippen molar-refractivity contribution in [2.75, 3.05) is 20.7 Å². The van der Waals surface area contributed by atoms with Crippen LogP contribution in [0.1, 0.15) is 44.2 Å². The van der Waals surface area contributed by atoms with E-state index < -0.39 is 0 Å². The summed E-state index contributed by atoms with van der Waals surface area (Å²) in [6.45, 7) is 3.29. The minimum atomic E-state index is 0.0506. The first-order valence-electron chi connectivity index (χ1n) is 7.75. The monoisotopic (exact) mass is 290 g/mol. The van der Waals surface area contributed by atoms with E-state index in [1.165, 1.54) is 30.6 Å². The Balaban J connectivity index is 2.06. The summed E-state index contributed by atoms with van der Waals surface area (Å²) in [5, 5.41) is 1.33. The molecule has 0 aliphatic carbocycles. The Morgan fingerprint density at radius 2 is 2.10 bits per heavy atom. The molecule has 1 aromatic rings. The molecule has 0 N–H and O–H groups in total. The van der Waals surface area contributed by atoms with E-state index in [9.17, 15) is 4.79 Å². The molecule has 1 saturated heterocycles. The molecule has 4 heteroatoms. The molecule has 0 unspecified atom stereocenters. The summed E-state index contributed by atoms with van der Waals surface area (Å²) in [6.07, 6.45) is 4.02. The number of nitrogens with zero attached hydrogens (tertiary/aromatic N) is 2. The smallest absolute Gasteiger partial charge is 0.247 e. The van der Waals surface area contributed by atoms with E-state index in [4.69, 9.17) is 4.84 Å². The maximum absolute atomic E-state index is 12.1. The molecule has 4 nitrogen and oxygen atoms in total. The molecule has 1 aliphatic rings. The first kappa shape index (κ1) is 16.0. The first-order chi connectivity index (χ1) is 10.1. The van der Waals surface area contributed by atoms with Gasteiger partial charge in [-0.25, -0.2) is 5.06 Å². The van der Waals surface area contributed by atoms with Gasteiger partial charge in [-0.05, 0) is 31.9 Å². The third-order valence-corrected chi connectivity index (χ3v) is 4.49. The Hall–Kier alpha value is -1.39. The number of rotatable bonds is 5. The standard InChI is InChI=1S/C17H26N2O2/c1-14(15-9-5-4-6-10-15)19-12-8-7-11-16(19)13-17(20)18(2)21-3/h4-6,9-10,14,16H,7-8,11-13H2,1-3H3/t14-,16+/m1/s1. The largest absolute Gasteiger partial charge is 0.293 e. The molecule has 116 valence electrons. The maximum atomic E-state index is 12.1. The van der Waals surface area contributed by atoms with Gasteiger partial charge in [0.05, 0.1) is 7.11 Å². The molecule has 0 spiro atoms. The second-order valence-corrected chi connectivity index (χ2v) is 5.75. The van der Waals surface area contributed by atoms with E-state index >= 15 is 0 Å². The Kier molecular flexibility index (Phi) is 5.76. The maximum Gasteiger partial charge on any atom is 0.247 e. The Morgan fingerprint density at radius 1 is 1.38 bits per heavy atom. The fourth-order valence-electron chi connectivity index (χ4n) is 3.11. The van der Waals surface area contributed by atoms with Gasteiger partial charge in [-0.2, -0.15) is 0 Å². The number of hydrogen-bond donors (Lipinski definition) is 0. The summed E-state index contributed by atoms with van der Waals surface area (Å²) in [5.41, 5.74) is 1.32. The van der Waals surface area contributed by atoms with Gasteiger partial charge in [-0.1, -0.05) is 36.8 Å². The zero-order valence-corrected chi connectivity index (χ0v) is 13.3. The van der Waals surface area contributed by atoms with Gasteiger partial charge in [-0.3, -0.25) is 14.5 Å². The van der Waals surface area contributed by atoms with Crippen LogP contribution in [-0.4, -0.2) is 42.6 Å². The fraction of sp³-hybridized carbons (Fsp3) is 0.588. The van der Waals surface area contributed by atoms with E-state index in [-0.39, 0.29) is 5.91 Å². The average Bonchev–Trinajstić information content (AvgIpc) is 2.54. The summed E-state index contributed by atoms with van der Waals surface area (Å²) in [6, 6.07) is 11.2. The predicted octanol–water partition coefficient (Wildman–Crippen LogP) is 3.01. The molecule has 0 aromatic heterocycles. The van der Waals surface area contributed by atoms with Crippen molar-refractivity contribution in [3.05, 3.63) is 35.9 Å². The normalized spacial score (nSPS) is 21.0. The zero-order valence-electron chi connectivity index (χ0n) is 13.3.